The van der Waals surface area contributed by atoms with Gasteiger partial charge in [0.05, 0.1) is 0 Å². The topological polar surface area (TPSA) is 9.72 Å². The van der Waals surface area contributed by atoms with Crippen LogP contribution in [0.4, 0.5) is 0 Å². The number of hydrogen-bond donors (Lipinski definition) is 0. The van der Waals surface area contributed by atoms with E-state index in [9.17, 15) is 0 Å². The molecule has 0 aromatic heterocycles. The summed E-state index contributed by atoms with van der Waals surface area (Å²) in [4.78, 5) is 7.35. The fourth-order valence-electron chi connectivity index (χ4n) is 5.73. The van der Waals surface area contributed by atoms with Crippen molar-refractivity contribution in [1.29, 1.82) is 0 Å². The van der Waals surface area contributed by atoms with Crippen LogP contribution in [-0.2, 0) is 0 Å². The number of hydrogen-bond acceptors (Lipinski definition) is 3. The third-order valence-corrected chi connectivity index (χ3v) is 9.00. The summed E-state index contributed by atoms with van der Waals surface area (Å²) in [5.74, 6) is 5.53. The van der Waals surface area contributed by atoms with Crippen molar-refractivity contribution in [1.82, 2.24) is 14.7 Å². The van der Waals surface area contributed by atoms with E-state index in [-0.39, 0.29) is 0 Å². The molecule has 5 atom stereocenters. The van der Waals surface area contributed by atoms with Crippen molar-refractivity contribution in [3.63, 3.8) is 0 Å². The van der Waals surface area contributed by atoms with Crippen LogP contribution in [0.3, 0.4) is 0 Å². The molecule has 3 heteroatoms. The molecule has 0 aromatic carbocycles. The van der Waals surface area contributed by atoms with E-state index in [1.54, 1.807) is 0 Å². The van der Waals surface area contributed by atoms with Crippen LogP contribution in [0, 0.1) is 40.9 Å². The van der Waals surface area contributed by atoms with Crippen molar-refractivity contribution >= 4 is 0 Å². The summed E-state index contributed by atoms with van der Waals surface area (Å²) >= 11 is 0. The maximum atomic E-state index is 2.49. The molecule has 3 heterocycles. The summed E-state index contributed by atoms with van der Waals surface area (Å²) in [5, 5.41) is 0. The Morgan fingerprint density at radius 1 is 0.586 bits per heavy atom. The lowest BCUT2D eigenvalue weighted by atomic mass is 9.81. The summed E-state index contributed by atoms with van der Waals surface area (Å²) in [6, 6.07) is 0. The minimum absolute atomic E-state index is 0.785. The largest absolute Gasteiger partial charge is 0.306 e. The SMILES string of the molecule is CC1CCN(C)CC12CC2.CC1CCN(C)CC1C.CC1CN(C)CC(C)C1C. The smallest absolute Gasteiger partial charge is 0.00375 e. The Morgan fingerprint density at radius 2 is 1.10 bits per heavy atom. The van der Waals surface area contributed by atoms with Crippen molar-refractivity contribution in [2.24, 2.45) is 40.9 Å². The van der Waals surface area contributed by atoms with Gasteiger partial charge in [0.25, 0.3) is 0 Å². The van der Waals surface area contributed by atoms with Crippen LogP contribution >= 0.6 is 0 Å². The predicted octanol–water partition coefficient (Wildman–Crippen LogP) is 5.17. The first-order valence-corrected chi connectivity index (χ1v) is 12.6. The van der Waals surface area contributed by atoms with Crippen molar-refractivity contribution < 1.29 is 0 Å². The van der Waals surface area contributed by atoms with E-state index in [4.69, 9.17) is 0 Å². The summed E-state index contributed by atoms with van der Waals surface area (Å²) in [6.45, 7) is 22.1. The van der Waals surface area contributed by atoms with Crippen LogP contribution in [0.5, 0.6) is 0 Å². The van der Waals surface area contributed by atoms with E-state index in [2.05, 4.69) is 77.4 Å². The van der Waals surface area contributed by atoms with E-state index >= 15 is 0 Å². The monoisotopic (exact) mass is 407 g/mol. The lowest BCUT2D eigenvalue weighted by molar-refractivity contribution is 0.110. The standard InChI is InChI=1S/C9H17N.C9H19N.C8H17N/c1-8-3-6-10(2)7-9(8)4-5-9;1-7-5-10(4)6-8(2)9(7)3;1-7-4-5-9(3)6-8(7)2/h8H,3-7H2,1-2H3;7-9H,5-6H2,1-4H3;7-8H,4-6H2,1-3H3. The molecular weight excluding hydrogens is 354 g/mol. The maximum Gasteiger partial charge on any atom is 0.00375 e. The highest BCUT2D eigenvalue weighted by Crippen LogP contribution is 2.55. The first-order valence-electron chi connectivity index (χ1n) is 12.6. The molecule has 29 heavy (non-hydrogen) atoms. The van der Waals surface area contributed by atoms with Crippen molar-refractivity contribution in [2.45, 2.75) is 67.2 Å². The van der Waals surface area contributed by atoms with Crippen molar-refractivity contribution in [3.05, 3.63) is 0 Å². The van der Waals surface area contributed by atoms with Gasteiger partial charge >= 0.3 is 0 Å². The van der Waals surface area contributed by atoms with E-state index in [0.29, 0.717) is 0 Å². The fraction of sp³-hybridized carbons (Fsp3) is 1.00. The molecule has 3 aliphatic heterocycles. The third kappa shape index (κ3) is 7.51. The summed E-state index contributed by atoms with van der Waals surface area (Å²) in [7, 11) is 6.69. The molecule has 3 saturated heterocycles. The molecule has 1 aliphatic carbocycles. The van der Waals surface area contributed by atoms with Gasteiger partial charge in [-0.1, -0.05) is 41.5 Å². The van der Waals surface area contributed by atoms with Gasteiger partial charge in [0.15, 0.2) is 0 Å². The van der Waals surface area contributed by atoms with Crippen molar-refractivity contribution in [2.75, 3.05) is 60.4 Å². The molecule has 0 bridgehead atoms. The molecule has 0 radical (unpaired) electrons. The van der Waals surface area contributed by atoms with Gasteiger partial charge in [-0.15, -0.1) is 0 Å². The minimum Gasteiger partial charge on any atom is -0.306 e. The first kappa shape index (κ1) is 25.1. The Morgan fingerprint density at radius 3 is 1.55 bits per heavy atom. The molecule has 3 nitrogen and oxygen atoms in total. The number of nitrogens with zero attached hydrogens (tertiary/aromatic N) is 3. The Labute approximate surface area is 183 Å². The number of likely N-dealkylation sites (tertiary alicyclic amines) is 3. The van der Waals surface area contributed by atoms with E-state index in [1.807, 2.05) is 0 Å². The molecule has 0 amide bonds. The van der Waals surface area contributed by atoms with E-state index in [1.165, 1.54) is 65.0 Å². The lowest BCUT2D eigenvalue weighted by Crippen LogP contribution is -2.41. The Kier molecular flexibility index (Phi) is 9.50. The van der Waals surface area contributed by atoms with Gasteiger partial charge in [0, 0.05) is 26.2 Å². The molecule has 0 aromatic rings. The summed E-state index contributed by atoms with van der Waals surface area (Å²) in [6.07, 6.45) is 5.81. The first-order chi connectivity index (χ1) is 13.5. The molecule has 1 spiro atoms. The Balaban J connectivity index is 0.000000156. The second-order valence-corrected chi connectivity index (χ2v) is 11.8. The molecule has 4 aliphatic rings. The van der Waals surface area contributed by atoms with Crippen molar-refractivity contribution in [3.8, 4) is 0 Å². The van der Waals surface area contributed by atoms with Crippen LogP contribution < -0.4 is 0 Å². The summed E-state index contributed by atoms with van der Waals surface area (Å²) in [5.41, 5.74) is 0.785. The molecular formula is C26H53N3. The molecule has 0 N–H and O–H groups in total. The average molecular weight is 408 g/mol. The third-order valence-electron chi connectivity index (χ3n) is 9.00. The predicted molar refractivity (Wildman–Crippen MR) is 128 cm³/mol. The Hall–Kier alpha value is -0.120. The molecule has 4 fully saturated rings. The van der Waals surface area contributed by atoms with Gasteiger partial charge in [0.2, 0.25) is 0 Å². The Bertz CT molecular complexity index is 463. The average Bonchev–Trinajstić information content (AvgIpc) is 3.41. The highest BCUT2D eigenvalue weighted by molar-refractivity contribution is 5.01. The minimum atomic E-state index is 0.785. The van der Waals surface area contributed by atoms with Gasteiger partial charge < -0.3 is 14.7 Å². The summed E-state index contributed by atoms with van der Waals surface area (Å²) < 4.78 is 0. The molecule has 4 rings (SSSR count). The van der Waals surface area contributed by atoms with Gasteiger partial charge in [-0.25, -0.2) is 0 Å². The van der Waals surface area contributed by atoms with E-state index in [0.717, 1.165) is 40.9 Å². The van der Waals surface area contributed by atoms with Crippen LogP contribution in [0.2, 0.25) is 0 Å². The van der Waals surface area contributed by atoms with Crippen LogP contribution in [0.1, 0.15) is 67.2 Å². The van der Waals surface area contributed by atoms with Gasteiger partial charge in [-0.3, -0.25) is 0 Å². The zero-order chi connectivity index (χ0) is 21.8. The highest BCUT2D eigenvalue weighted by Gasteiger charge is 2.49. The second-order valence-electron chi connectivity index (χ2n) is 11.8. The van der Waals surface area contributed by atoms with Gasteiger partial charge in [0.1, 0.15) is 0 Å². The number of piperidine rings is 3. The normalized spacial score (nSPS) is 40.4. The van der Waals surface area contributed by atoms with Gasteiger partial charge in [-0.2, -0.15) is 0 Å². The second kappa shape index (κ2) is 11.0. The molecule has 172 valence electrons. The van der Waals surface area contributed by atoms with Gasteiger partial charge in [-0.05, 0) is 101 Å². The lowest BCUT2D eigenvalue weighted by Gasteiger charge is -2.37. The molecule has 1 saturated carbocycles. The zero-order valence-corrected chi connectivity index (χ0v) is 21.4. The molecule has 5 unspecified atom stereocenters. The van der Waals surface area contributed by atoms with Crippen LogP contribution in [0.15, 0.2) is 0 Å². The van der Waals surface area contributed by atoms with Crippen LogP contribution in [0.25, 0.3) is 0 Å². The highest BCUT2D eigenvalue weighted by atomic mass is 15.1. The zero-order valence-electron chi connectivity index (χ0n) is 21.4. The number of rotatable bonds is 0. The maximum absolute atomic E-state index is 2.49. The van der Waals surface area contributed by atoms with Crippen LogP contribution in [-0.4, -0.2) is 75.1 Å². The fourth-order valence-corrected chi connectivity index (χ4v) is 5.73. The quantitative estimate of drug-likeness (QED) is 0.548. The van der Waals surface area contributed by atoms with E-state index < -0.39 is 0 Å².